The summed E-state index contributed by atoms with van der Waals surface area (Å²) in [4.78, 5) is 6.01. The minimum Gasteiger partial charge on any atom is -0.493 e. The third-order valence-electron chi connectivity index (χ3n) is 5.59. The van der Waals surface area contributed by atoms with Crippen LogP contribution < -0.4 is 26.3 Å². The van der Waals surface area contributed by atoms with Crippen LogP contribution in [0.5, 0.6) is 11.6 Å². The third-order valence-corrected chi connectivity index (χ3v) is 5.59. The quantitative estimate of drug-likeness (QED) is 0.527. The molecule has 8 nitrogen and oxygen atoms in total. The van der Waals surface area contributed by atoms with Crippen LogP contribution in [0.25, 0.3) is 5.70 Å². The van der Waals surface area contributed by atoms with Gasteiger partial charge in [0.2, 0.25) is 0 Å². The number of nitrogens with one attached hydrogen (secondary N) is 1. The summed E-state index contributed by atoms with van der Waals surface area (Å²) in [5.74, 6) is -0.775. The Balaban J connectivity index is 1.56. The maximum absolute atomic E-state index is 14.2. The van der Waals surface area contributed by atoms with Crippen LogP contribution in [-0.2, 0) is 6.61 Å². The smallest absolute Gasteiger partial charge is 0.250 e. The third kappa shape index (κ3) is 4.13. The van der Waals surface area contributed by atoms with E-state index in [0.717, 1.165) is 0 Å². The van der Waals surface area contributed by atoms with Crippen LogP contribution in [0.1, 0.15) is 17.5 Å². The van der Waals surface area contributed by atoms with Crippen molar-refractivity contribution in [3.8, 4) is 11.6 Å². The number of rotatable bonds is 6. The number of aliphatic hydroxyl groups is 1. The van der Waals surface area contributed by atoms with Gasteiger partial charge in [0.05, 0.1) is 32.0 Å². The highest BCUT2D eigenvalue weighted by Crippen LogP contribution is 2.32. The first kappa shape index (κ1) is 21.7. The molecule has 0 aliphatic carbocycles. The number of nitrogens with zero attached hydrogens (tertiary/aromatic N) is 2. The van der Waals surface area contributed by atoms with Gasteiger partial charge in [-0.3, -0.25) is 0 Å². The topological polar surface area (TPSA) is 119 Å². The molecule has 0 spiro atoms. The number of aromatic nitrogens is 1. The molecule has 1 saturated heterocycles. The van der Waals surface area contributed by atoms with E-state index in [9.17, 15) is 8.78 Å². The highest BCUT2D eigenvalue weighted by atomic mass is 19.1. The molecule has 0 bridgehead atoms. The molecule has 1 aromatic heterocycles. The maximum Gasteiger partial charge on any atom is 0.250 e. The molecule has 3 heterocycles. The van der Waals surface area contributed by atoms with Gasteiger partial charge < -0.3 is 36.3 Å². The van der Waals surface area contributed by atoms with Crippen LogP contribution in [0.3, 0.4) is 0 Å². The molecule has 0 saturated carbocycles. The molecule has 0 amide bonds. The van der Waals surface area contributed by atoms with Crippen molar-refractivity contribution in [2.75, 3.05) is 20.2 Å². The molecule has 1 aromatic carbocycles. The maximum atomic E-state index is 14.2. The van der Waals surface area contributed by atoms with Gasteiger partial charge in [0.1, 0.15) is 11.9 Å². The molecule has 4 rings (SSSR count). The van der Waals surface area contributed by atoms with E-state index < -0.39 is 11.6 Å². The molecular formula is C22H25F2N5O3. The first-order valence-corrected chi connectivity index (χ1v) is 10.1. The first-order valence-electron chi connectivity index (χ1n) is 10.1. The average Bonchev–Trinajstić information content (AvgIpc) is 3.19. The average molecular weight is 445 g/mol. The SMILES string of the molecule is COc1c(F)cccc1/C(N)=C/C1=C(N)NCC2CC(Oc3ncc(CO)cc3F)CN12. The molecule has 10 heteroatoms. The van der Waals surface area contributed by atoms with Gasteiger partial charge in [-0.2, -0.15) is 0 Å². The van der Waals surface area contributed by atoms with Crippen LogP contribution in [0.15, 0.2) is 48.1 Å². The second kappa shape index (κ2) is 8.91. The van der Waals surface area contributed by atoms with Crippen molar-refractivity contribution >= 4 is 5.70 Å². The highest BCUT2D eigenvalue weighted by Gasteiger charge is 2.38. The van der Waals surface area contributed by atoms with E-state index >= 15 is 0 Å². The van der Waals surface area contributed by atoms with Crippen LogP contribution in [-0.4, -0.2) is 47.3 Å². The minimum absolute atomic E-state index is 0.0422. The number of hydrogen-bond donors (Lipinski definition) is 4. The van der Waals surface area contributed by atoms with Gasteiger partial charge in [-0.25, -0.2) is 13.8 Å². The monoisotopic (exact) mass is 445 g/mol. The van der Waals surface area contributed by atoms with Crippen molar-refractivity contribution < 1.29 is 23.4 Å². The molecule has 2 aliphatic rings. The molecule has 0 radical (unpaired) electrons. The van der Waals surface area contributed by atoms with E-state index in [1.165, 1.54) is 25.4 Å². The summed E-state index contributed by atoms with van der Waals surface area (Å²) in [5, 5.41) is 12.3. The lowest BCUT2D eigenvalue weighted by Gasteiger charge is -2.34. The standard InChI is InChI=1S/C22H25F2N5O3/c1-31-20-15(3-2-4-16(20)23)18(25)7-19-21(26)27-9-13-6-14(10-29(13)19)32-22-17(24)5-12(11-30)8-28-22/h2-5,7-8,13-14,27,30H,6,9-11,25-26H2,1H3/b18-7-. The first-order chi connectivity index (χ1) is 15.4. The minimum atomic E-state index is -0.628. The fourth-order valence-corrected chi connectivity index (χ4v) is 4.05. The zero-order valence-corrected chi connectivity index (χ0v) is 17.5. The zero-order chi connectivity index (χ0) is 22.8. The molecule has 6 N–H and O–H groups in total. The van der Waals surface area contributed by atoms with Crippen molar-refractivity contribution in [2.24, 2.45) is 11.5 Å². The fraction of sp³-hybridized carbons (Fsp3) is 0.318. The Morgan fingerprint density at radius 3 is 2.91 bits per heavy atom. The van der Waals surface area contributed by atoms with Gasteiger partial charge >= 0.3 is 0 Å². The second-order valence-electron chi connectivity index (χ2n) is 7.67. The predicted octanol–water partition coefficient (Wildman–Crippen LogP) is 1.41. The number of fused-ring (bicyclic) bond motifs is 1. The molecule has 170 valence electrons. The molecule has 1 fully saturated rings. The van der Waals surface area contributed by atoms with E-state index in [0.29, 0.717) is 47.9 Å². The summed E-state index contributed by atoms with van der Waals surface area (Å²) in [6.45, 7) is 0.730. The molecule has 2 aliphatic heterocycles. The largest absolute Gasteiger partial charge is 0.493 e. The number of aliphatic hydroxyl groups excluding tert-OH is 1. The Morgan fingerprint density at radius 1 is 1.38 bits per heavy atom. The van der Waals surface area contributed by atoms with E-state index in [2.05, 4.69) is 10.3 Å². The predicted molar refractivity (Wildman–Crippen MR) is 114 cm³/mol. The molecule has 2 unspecified atom stereocenters. The van der Waals surface area contributed by atoms with Gasteiger partial charge in [-0.1, -0.05) is 6.07 Å². The molecule has 32 heavy (non-hydrogen) atoms. The zero-order valence-electron chi connectivity index (χ0n) is 17.5. The van der Waals surface area contributed by atoms with Crippen molar-refractivity contribution in [3.05, 3.63) is 70.8 Å². The van der Waals surface area contributed by atoms with E-state index in [1.807, 2.05) is 4.90 Å². The number of ether oxygens (including phenoxy) is 2. The Hall–Kier alpha value is -3.53. The van der Waals surface area contributed by atoms with Crippen LogP contribution in [0, 0.1) is 11.6 Å². The summed E-state index contributed by atoms with van der Waals surface area (Å²) in [6, 6.07) is 5.76. The number of allylic oxidation sites excluding steroid dienone is 1. The summed E-state index contributed by atoms with van der Waals surface area (Å²) in [5.41, 5.74) is 14.2. The Morgan fingerprint density at radius 2 is 2.19 bits per heavy atom. The van der Waals surface area contributed by atoms with Crippen molar-refractivity contribution in [1.29, 1.82) is 0 Å². The van der Waals surface area contributed by atoms with Crippen LogP contribution in [0.2, 0.25) is 0 Å². The normalized spacial score (nSPS) is 20.8. The van der Waals surface area contributed by atoms with Crippen LogP contribution >= 0.6 is 0 Å². The van der Waals surface area contributed by atoms with E-state index in [-0.39, 0.29) is 30.4 Å². The van der Waals surface area contributed by atoms with Crippen molar-refractivity contribution in [1.82, 2.24) is 15.2 Å². The lowest BCUT2D eigenvalue weighted by molar-refractivity contribution is 0.191. The number of methoxy groups -OCH3 is 1. The molecular weight excluding hydrogens is 420 g/mol. The number of halogens is 2. The second-order valence-corrected chi connectivity index (χ2v) is 7.67. The van der Waals surface area contributed by atoms with Gasteiger partial charge in [-0.15, -0.1) is 0 Å². The Bertz CT molecular complexity index is 1080. The lowest BCUT2D eigenvalue weighted by atomic mass is 10.1. The summed E-state index contributed by atoms with van der Waals surface area (Å²) in [6.07, 6.45) is 3.33. The number of pyridine rings is 1. The van der Waals surface area contributed by atoms with Gasteiger partial charge in [0.25, 0.3) is 5.88 Å². The summed E-state index contributed by atoms with van der Waals surface area (Å²) >= 11 is 0. The summed E-state index contributed by atoms with van der Waals surface area (Å²) in [7, 11) is 1.38. The number of nitrogens with two attached hydrogens (primary N) is 2. The molecule has 2 atom stereocenters. The number of hydrogen-bond acceptors (Lipinski definition) is 8. The van der Waals surface area contributed by atoms with E-state index in [4.69, 9.17) is 26.0 Å². The van der Waals surface area contributed by atoms with Crippen molar-refractivity contribution in [2.45, 2.75) is 25.2 Å². The highest BCUT2D eigenvalue weighted by molar-refractivity contribution is 5.70. The van der Waals surface area contributed by atoms with Gasteiger partial charge in [0, 0.05) is 30.4 Å². The number of benzene rings is 1. The Kier molecular flexibility index (Phi) is 6.04. The van der Waals surface area contributed by atoms with Crippen molar-refractivity contribution in [3.63, 3.8) is 0 Å². The fourth-order valence-electron chi connectivity index (χ4n) is 4.05. The van der Waals surface area contributed by atoms with Crippen LogP contribution in [0.4, 0.5) is 8.78 Å². The number of para-hydroxylation sites is 1. The van der Waals surface area contributed by atoms with Gasteiger partial charge in [0.15, 0.2) is 17.4 Å². The van der Waals surface area contributed by atoms with E-state index in [1.54, 1.807) is 18.2 Å². The van der Waals surface area contributed by atoms with Gasteiger partial charge in [-0.05, 0) is 29.8 Å². The summed E-state index contributed by atoms with van der Waals surface area (Å²) < 4.78 is 39.3. The Labute approximate surface area is 184 Å². The lowest BCUT2D eigenvalue weighted by Crippen LogP contribution is -2.45. The molecule has 2 aromatic rings.